The summed E-state index contributed by atoms with van der Waals surface area (Å²) in [4.78, 5) is 0. The molecule has 0 aliphatic carbocycles. The van der Waals surface area contributed by atoms with Gasteiger partial charge in [-0.15, -0.1) is 0 Å². The molecule has 0 bridgehead atoms. The van der Waals surface area contributed by atoms with Gasteiger partial charge < -0.3 is 4.42 Å². The van der Waals surface area contributed by atoms with Crippen LogP contribution in [0.3, 0.4) is 0 Å². The standard InChI is InChI=1S/C54H36O/c1-33-26-52(34(2)25-51(33)41-21-24-50-49-13-7-8-14-53(49)55-54(50)32-41)44-30-42(37-19-22-47-39(27-37)17-15-35-9-3-5-11-45(35)47)29-43(31-44)38-20-23-48-40(28-38)18-16-36-10-4-6-12-46(36)48/h3-32H,1-2H3. The molecule has 1 heterocycles. The van der Waals surface area contributed by atoms with Crippen LogP contribution in [-0.2, 0) is 0 Å². The molecule has 1 aromatic heterocycles. The Morgan fingerprint density at radius 1 is 0.273 bits per heavy atom. The lowest BCUT2D eigenvalue weighted by atomic mass is 9.88. The fourth-order valence-corrected chi connectivity index (χ4v) is 8.83. The predicted molar refractivity (Wildman–Crippen MR) is 235 cm³/mol. The Morgan fingerprint density at radius 3 is 1.33 bits per heavy atom. The highest BCUT2D eigenvalue weighted by atomic mass is 16.3. The molecule has 55 heavy (non-hydrogen) atoms. The number of benzene rings is 10. The highest BCUT2D eigenvalue weighted by molar-refractivity contribution is 6.10. The normalized spacial score (nSPS) is 11.8. The molecule has 0 aliphatic heterocycles. The first-order valence-electron chi connectivity index (χ1n) is 19.1. The van der Waals surface area contributed by atoms with Crippen molar-refractivity contribution in [3.63, 3.8) is 0 Å². The minimum Gasteiger partial charge on any atom is -0.456 e. The van der Waals surface area contributed by atoms with Gasteiger partial charge in [-0.25, -0.2) is 0 Å². The highest BCUT2D eigenvalue weighted by Gasteiger charge is 2.15. The lowest BCUT2D eigenvalue weighted by Crippen LogP contribution is -1.92. The molecule has 0 aliphatic rings. The van der Waals surface area contributed by atoms with E-state index in [1.165, 1.54) is 98.7 Å². The summed E-state index contributed by atoms with van der Waals surface area (Å²) < 4.78 is 6.28. The molecule has 11 rings (SSSR count). The van der Waals surface area contributed by atoms with E-state index in [0.29, 0.717) is 0 Å². The molecule has 0 fully saturated rings. The summed E-state index contributed by atoms with van der Waals surface area (Å²) in [6.07, 6.45) is 0. The van der Waals surface area contributed by atoms with E-state index in [0.717, 1.165) is 21.9 Å². The van der Waals surface area contributed by atoms with Crippen LogP contribution >= 0.6 is 0 Å². The Bertz CT molecular complexity index is 3200. The van der Waals surface area contributed by atoms with Gasteiger partial charge in [0.05, 0.1) is 0 Å². The van der Waals surface area contributed by atoms with Gasteiger partial charge in [0.2, 0.25) is 0 Å². The van der Waals surface area contributed by atoms with Crippen molar-refractivity contribution in [2.24, 2.45) is 0 Å². The smallest absolute Gasteiger partial charge is 0.136 e. The van der Waals surface area contributed by atoms with Gasteiger partial charge in [0.15, 0.2) is 0 Å². The van der Waals surface area contributed by atoms with Crippen molar-refractivity contribution in [2.75, 3.05) is 0 Å². The number of furan rings is 1. The maximum atomic E-state index is 6.28. The monoisotopic (exact) mass is 700 g/mol. The van der Waals surface area contributed by atoms with Gasteiger partial charge in [0.25, 0.3) is 0 Å². The fourth-order valence-electron chi connectivity index (χ4n) is 8.83. The molecule has 258 valence electrons. The lowest BCUT2D eigenvalue weighted by molar-refractivity contribution is 0.669. The minimum absolute atomic E-state index is 0.920. The van der Waals surface area contributed by atoms with Gasteiger partial charge in [0, 0.05) is 10.8 Å². The topological polar surface area (TPSA) is 13.1 Å². The van der Waals surface area contributed by atoms with Gasteiger partial charge in [-0.2, -0.15) is 0 Å². The van der Waals surface area contributed by atoms with Gasteiger partial charge in [-0.1, -0.05) is 133 Å². The second-order valence-electron chi connectivity index (χ2n) is 15.0. The van der Waals surface area contributed by atoms with Crippen LogP contribution in [0.25, 0.3) is 110 Å². The van der Waals surface area contributed by atoms with Crippen molar-refractivity contribution in [3.05, 3.63) is 193 Å². The SMILES string of the molecule is Cc1cc(-c2ccc3c(c2)oc2ccccc23)c(C)cc1-c1cc(-c2ccc3c(ccc4ccccc43)c2)cc(-c2ccc3c(ccc4ccccc43)c2)c1. The van der Waals surface area contributed by atoms with Crippen molar-refractivity contribution in [1.29, 1.82) is 0 Å². The van der Waals surface area contributed by atoms with Crippen LogP contribution in [0.1, 0.15) is 11.1 Å². The molecule has 1 heteroatoms. The average molecular weight is 701 g/mol. The maximum Gasteiger partial charge on any atom is 0.136 e. The molecule has 0 saturated carbocycles. The van der Waals surface area contributed by atoms with Gasteiger partial charge in [0.1, 0.15) is 11.2 Å². The average Bonchev–Trinajstić information content (AvgIpc) is 3.61. The largest absolute Gasteiger partial charge is 0.456 e. The van der Waals surface area contributed by atoms with E-state index in [1.807, 2.05) is 12.1 Å². The van der Waals surface area contributed by atoms with Crippen LogP contribution < -0.4 is 0 Å². The summed E-state index contributed by atoms with van der Waals surface area (Å²) in [7, 11) is 0. The summed E-state index contributed by atoms with van der Waals surface area (Å²) in [6.45, 7) is 4.47. The fraction of sp³-hybridized carbons (Fsp3) is 0.0370. The molecule has 0 saturated heterocycles. The number of hydrogen-bond donors (Lipinski definition) is 0. The third-order valence-electron chi connectivity index (χ3n) is 11.7. The third-order valence-corrected chi connectivity index (χ3v) is 11.7. The van der Waals surface area contributed by atoms with E-state index in [-0.39, 0.29) is 0 Å². The van der Waals surface area contributed by atoms with E-state index < -0.39 is 0 Å². The van der Waals surface area contributed by atoms with Crippen molar-refractivity contribution in [1.82, 2.24) is 0 Å². The van der Waals surface area contributed by atoms with Crippen LogP contribution in [-0.4, -0.2) is 0 Å². The molecule has 0 unspecified atom stereocenters. The zero-order valence-electron chi connectivity index (χ0n) is 30.7. The molecule has 11 aromatic rings. The maximum absolute atomic E-state index is 6.28. The molecular formula is C54H36O. The summed E-state index contributed by atoms with van der Waals surface area (Å²) in [5.74, 6) is 0. The number of aryl methyl sites for hydroxylation is 2. The Hall–Kier alpha value is -6.96. The Morgan fingerprint density at radius 2 is 0.709 bits per heavy atom. The van der Waals surface area contributed by atoms with Gasteiger partial charge >= 0.3 is 0 Å². The highest BCUT2D eigenvalue weighted by Crippen LogP contribution is 2.40. The number of rotatable bonds is 4. The van der Waals surface area contributed by atoms with Crippen LogP contribution in [0.2, 0.25) is 0 Å². The van der Waals surface area contributed by atoms with Crippen LogP contribution in [0.15, 0.2) is 186 Å². The van der Waals surface area contributed by atoms with E-state index >= 15 is 0 Å². The zero-order chi connectivity index (χ0) is 36.6. The van der Waals surface area contributed by atoms with E-state index in [9.17, 15) is 0 Å². The second-order valence-corrected chi connectivity index (χ2v) is 15.0. The molecule has 1 nitrogen and oxygen atoms in total. The summed E-state index contributed by atoms with van der Waals surface area (Å²) in [6, 6.07) is 66.9. The summed E-state index contributed by atoms with van der Waals surface area (Å²) in [5, 5.41) is 12.5. The number of fused-ring (bicyclic) bond motifs is 9. The molecule has 0 spiro atoms. The Kier molecular flexibility index (Phi) is 7.06. The molecule has 0 amide bonds. The molecule has 0 atom stereocenters. The summed E-state index contributed by atoms with van der Waals surface area (Å²) >= 11 is 0. The third kappa shape index (κ3) is 5.23. The Balaban J connectivity index is 1.07. The first-order valence-corrected chi connectivity index (χ1v) is 19.1. The van der Waals surface area contributed by atoms with Crippen molar-refractivity contribution < 1.29 is 4.42 Å². The van der Waals surface area contributed by atoms with Crippen molar-refractivity contribution in [2.45, 2.75) is 13.8 Å². The first-order chi connectivity index (χ1) is 27.0. The first kappa shape index (κ1) is 31.6. The quantitative estimate of drug-likeness (QED) is 0.167. The minimum atomic E-state index is 0.920. The Labute approximate surface area is 319 Å². The van der Waals surface area contributed by atoms with Gasteiger partial charge in [-0.3, -0.25) is 0 Å². The van der Waals surface area contributed by atoms with Crippen LogP contribution in [0.5, 0.6) is 0 Å². The van der Waals surface area contributed by atoms with E-state index in [2.05, 4.69) is 184 Å². The number of hydrogen-bond acceptors (Lipinski definition) is 1. The van der Waals surface area contributed by atoms with Crippen LogP contribution in [0.4, 0.5) is 0 Å². The molecule has 0 N–H and O–H groups in total. The van der Waals surface area contributed by atoms with Crippen molar-refractivity contribution >= 4 is 65.0 Å². The van der Waals surface area contributed by atoms with Crippen molar-refractivity contribution in [3.8, 4) is 44.5 Å². The molecule has 0 radical (unpaired) electrons. The summed E-state index contributed by atoms with van der Waals surface area (Å²) in [5.41, 5.74) is 14.0. The van der Waals surface area contributed by atoms with Gasteiger partial charge in [-0.05, 0) is 161 Å². The molecule has 10 aromatic carbocycles. The predicted octanol–water partition coefficient (Wildman–Crippen LogP) is 15.5. The van der Waals surface area contributed by atoms with E-state index in [4.69, 9.17) is 4.42 Å². The molecular weight excluding hydrogens is 665 g/mol. The van der Waals surface area contributed by atoms with E-state index in [1.54, 1.807) is 0 Å². The number of para-hydroxylation sites is 1. The second kappa shape index (κ2) is 12.3. The lowest BCUT2D eigenvalue weighted by Gasteiger charge is -2.16. The zero-order valence-corrected chi connectivity index (χ0v) is 30.7. The van der Waals surface area contributed by atoms with Crippen LogP contribution in [0, 0.1) is 13.8 Å².